The molecular formula is C15H16BrNS. The molecule has 1 aliphatic carbocycles. The molecule has 2 aromatic rings. The number of fused-ring (bicyclic) bond motifs is 1. The monoisotopic (exact) mass is 321 g/mol. The molecule has 3 heteroatoms. The maximum absolute atomic E-state index is 6.44. The lowest BCUT2D eigenvalue weighted by Crippen LogP contribution is -2.28. The number of halogens is 1. The van der Waals surface area contributed by atoms with Gasteiger partial charge in [0, 0.05) is 20.8 Å². The zero-order chi connectivity index (χ0) is 12.5. The van der Waals surface area contributed by atoms with Crippen molar-refractivity contribution in [2.45, 2.75) is 25.3 Å². The van der Waals surface area contributed by atoms with Gasteiger partial charge in [-0.05, 0) is 58.3 Å². The van der Waals surface area contributed by atoms with Crippen LogP contribution < -0.4 is 5.73 Å². The first-order valence-electron chi connectivity index (χ1n) is 6.30. The molecule has 0 radical (unpaired) electrons. The van der Waals surface area contributed by atoms with Crippen LogP contribution in [-0.4, -0.2) is 0 Å². The Balaban J connectivity index is 1.80. The van der Waals surface area contributed by atoms with E-state index >= 15 is 0 Å². The highest BCUT2D eigenvalue weighted by Gasteiger charge is 2.26. The van der Waals surface area contributed by atoms with Crippen molar-refractivity contribution < 1.29 is 0 Å². The highest BCUT2D eigenvalue weighted by Crippen LogP contribution is 2.36. The van der Waals surface area contributed by atoms with Crippen LogP contribution in [0.4, 0.5) is 0 Å². The van der Waals surface area contributed by atoms with Crippen LogP contribution in [0.25, 0.3) is 0 Å². The van der Waals surface area contributed by atoms with E-state index in [1.165, 1.54) is 33.3 Å². The van der Waals surface area contributed by atoms with Gasteiger partial charge in [-0.1, -0.05) is 24.3 Å². The fourth-order valence-electron chi connectivity index (χ4n) is 2.81. The molecule has 1 heterocycles. The summed E-state index contributed by atoms with van der Waals surface area (Å²) in [7, 11) is 0. The summed E-state index contributed by atoms with van der Waals surface area (Å²) in [5.74, 6) is 0.574. The van der Waals surface area contributed by atoms with Crippen molar-refractivity contribution in [3.05, 3.63) is 56.2 Å². The Labute approximate surface area is 120 Å². The van der Waals surface area contributed by atoms with E-state index in [1.807, 2.05) is 11.3 Å². The maximum atomic E-state index is 6.44. The summed E-state index contributed by atoms with van der Waals surface area (Å²) in [4.78, 5) is 1.43. The molecule has 3 rings (SSSR count). The Morgan fingerprint density at radius 1 is 1.33 bits per heavy atom. The fraction of sp³-hybridized carbons (Fsp3) is 0.333. The average molecular weight is 322 g/mol. The van der Waals surface area contributed by atoms with Gasteiger partial charge in [-0.3, -0.25) is 0 Å². The largest absolute Gasteiger partial charge is 0.324 e. The van der Waals surface area contributed by atoms with E-state index in [4.69, 9.17) is 5.73 Å². The van der Waals surface area contributed by atoms with Crippen molar-refractivity contribution in [3.8, 4) is 0 Å². The van der Waals surface area contributed by atoms with E-state index in [-0.39, 0.29) is 6.04 Å². The van der Waals surface area contributed by atoms with Crippen LogP contribution in [0.15, 0.2) is 40.2 Å². The van der Waals surface area contributed by atoms with Crippen molar-refractivity contribution in [1.29, 1.82) is 0 Å². The van der Waals surface area contributed by atoms with Gasteiger partial charge in [-0.25, -0.2) is 0 Å². The molecule has 1 nitrogen and oxygen atoms in total. The molecule has 0 amide bonds. The van der Waals surface area contributed by atoms with Crippen molar-refractivity contribution in [1.82, 2.24) is 0 Å². The first-order valence-corrected chi connectivity index (χ1v) is 7.97. The van der Waals surface area contributed by atoms with Gasteiger partial charge in [0.1, 0.15) is 0 Å². The minimum Gasteiger partial charge on any atom is -0.324 e. The van der Waals surface area contributed by atoms with Crippen molar-refractivity contribution >= 4 is 27.3 Å². The van der Waals surface area contributed by atoms with Gasteiger partial charge >= 0.3 is 0 Å². The number of rotatable bonds is 2. The van der Waals surface area contributed by atoms with E-state index in [0.717, 1.165) is 6.42 Å². The molecular weight excluding hydrogens is 306 g/mol. The first kappa shape index (κ1) is 12.4. The van der Waals surface area contributed by atoms with E-state index in [2.05, 4.69) is 51.6 Å². The lowest BCUT2D eigenvalue weighted by atomic mass is 9.78. The fourth-order valence-corrected chi connectivity index (χ4v) is 4.36. The normalized spacial score (nSPS) is 22.8. The molecule has 18 heavy (non-hydrogen) atoms. The van der Waals surface area contributed by atoms with Crippen LogP contribution in [-0.2, 0) is 12.8 Å². The molecule has 0 spiro atoms. The smallest absolute Gasteiger partial charge is 0.0329 e. The summed E-state index contributed by atoms with van der Waals surface area (Å²) < 4.78 is 1.19. The Morgan fingerprint density at radius 2 is 2.17 bits per heavy atom. The van der Waals surface area contributed by atoms with E-state index in [9.17, 15) is 0 Å². The van der Waals surface area contributed by atoms with Crippen molar-refractivity contribution in [2.75, 3.05) is 0 Å². The molecule has 1 aliphatic rings. The minimum absolute atomic E-state index is 0.191. The molecule has 0 aliphatic heterocycles. The van der Waals surface area contributed by atoms with Gasteiger partial charge in [0.25, 0.3) is 0 Å². The second-order valence-electron chi connectivity index (χ2n) is 4.96. The highest BCUT2D eigenvalue weighted by molar-refractivity contribution is 9.10. The van der Waals surface area contributed by atoms with Crippen LogP contribution in [0.1, 0.15) is 28.5 Å². The van der Waals surface area contributed by atoms with Crippen molar-refractivity contribution in [2.24, 2.45) is 11.7 Å². The number of hydrogen-bond donors (Lipinski definition) is 1. The molecule has 1 aromatic carbocycles. The van der Waals surface area contributed by atoms with Gasteiger partial charge in [0.05, 0.1) is 0 Å². The zero-order valence-electron chi connectivity index (χ0n) is 10.1. The van der Waals surface area contributed by atoms with Gasteiger partial charge in [0.15, 0.2) is 0 Å². The Kier molecular flexibility index (Phi) is 3.55. The quantitative estimate of drug-likeness (QED) is 0.876. The van der Waals surface area contributed by atoms with Gasteiger partial charge < -0.3 is 5.73 Å². The maximum Gasteiger partial charge on any atom is 0.0329 e. The molecule has 1 aromatic heterocycles. The summed E-state index contributed by atoms with van der Waals surface area (Å²) in [6.45, 7) is 0. The first-order chi connectivity index (χ1) is 8.74. The number of thiophene rings is 1. The number of aryl methyl sites for hydroxylation is 1. The average Bonchev–Trinajstić information content (AvgIpc) is 2.79. The number of benzene rings is 1. The van der Waals surface area contributed by atoms with Gasteiger partial charge in [-0.2, -0.15) is 0 Å². The second-order valence-corrected chi connectivity index (χ2v) is 6.87. The Hall–Kier alpha value is -0.640. The summed E-state index contributed by atoms with van der Waals surface area (Å²) >= 11 is 5.34. The van der Waals surface area contributed by atoms with E-state index in [0.29, 0.717) is 5.92 Å². The van der Waals surface area contributed by atoms with Crippen LogP contribution >= 0.6 is 27.3 Å². The second kappa shape index (κ2) is 5.16. The molecule has 0 fully saturated rings. The van der Waals surface area contributed by atoms with Crippen LogP contribution in [0.2, 0.25) is 0 Å². The molecule has 2 N–H and O–H groups in total. The SMILES string of the molecule is NC1c2ccccc2CCC1Cc1cc(Br)cs1. The molecule has 2 atom stereocenters. The van der Waals surface area contributed by atoms with Gasteiger partial charge in [0.2, 0.25) is 0 Å². The zero-order valence-corrected chi connectivity index (χ0v) is 12.5. The van der Waals surface area contributed by atoms with Crippen LogP contribution in [0.5, 0.6) is 0 Å². The molecule has 0 bridgehead atoms. The molecule has 94 valence electrons. The minimum atomic E-state index is 0.191. The Bertz CT molecular complexity index is 549. The number of nitrogens with two attached hydrogens (primary N) is 1. The summed E-state index contributed by atoms with van der Waals surface area (Å²) in [6, 6.07) is 11.0. The lowest BCUT2D eigenvalue weighted by molar-refractivity contribution is 0.378. The summed E-state index contributed by atoms with van der Waals surface area (Å²) in [5, 5.41) is 2.15. The predicted molar refractivity (Wildman–Crippen MR) is 80.9 cm³/mol. The summed E-state index contributed by atoms with van der Waals surface area (Å²) in [6.07, 6.45) is 3.47. The molecule has 0 saturated heterocycles. The lowest BCUT2D eigenvalue weighted by Gasteiger charge is -2.30. The number of hydrogen-bond acceptors (Lipinski definition) is 2. The van der Waals surface area contributed by atoms with E-state index < -0.39 is 0 Å². The predicted octanol–water partition coefficient (Wildman–Crippen LogP) is 4.32. The summed E-state index contributed by atoms with van der Waals surface area (Å²) in [5.41, 5.74) is 9.23. The van der Waals surface area contributed by atoms with Crippen LogP contribution in [0.3, 0.4) is 0 Å². The van der Waals surface area contributed by atoms with Crippen LogP contribution in [0, 0.1) is 5.92 Å². The Morgan fingerprint density at radius 3 is 2.94 bits per heavy atom. The third kappa shape index (κ3) is 2.40. The molecule has 2 unspecified atom stereocenters. The standard InChI is InChI=1S/C15H16BrNS/c16-12-8-13(18-9-12)7-11-6-5-10-3-1-2-4-14(10)15(11)17/h1-4,8-9,11,15H,5-7,17H2. The van der Waals surface area contributed by atoms with Gasteiger partial charge in [-0.15, -0.1) is 11.3 Å². The third-order valence-corrected chi connectivity index (χ3v) is 5.51. The van der Waals surface area contributed by atoms with E-state index in [1.54, 1.807) is 0 Å². The highest BCUT2D eigenvalue weighted by atomic mass is 79.9. The topological polar surface area (TPSA) is 26.0 Å². The third-order valence-electron chi connectivity index (χ3n) is 3.79. The van der Waals surface area contributed by atoms with Crippen molar-refractivity contribution in [3.63, 3.8) is 0 Å². The molecule has 0 saturated carbocycles.